The van der Waals surface area contributed by atoms with Crippen LogP contribution in [-0.4, -0.2) is 59.9 Å². The van der Waals surface area contributed by atoms with Gasteiger partial charge in [0.05, 0.1) is 20.4 Å². The average molecular weight is 474 g/mol. The molecule has 4 rings (SSSR count). The van der Waals surface area contributed by atoms with Gasteiger partial charge in [0.15, 0.2) is 0 Å². The number of piperazine rings is 1. The van der Waals surface area contributed by atoms with E-state index in [0.717, 1.165) is 38.0 Å². The van der Waals surface area contributed by atoms with E-state index in [1.807, 2.05) is 6.07 Å². The van der Waals surface area contributed by atoms with E-state index in [-0.39, 0.29) is 32.8 Å². The second-order valence-corrected chi connectivity index (χ2v) is 8.59. The molecular formula is C22H24ClN5O5. The third-order valence-corrected chi connectivity index (χ3v) is 6.49. The fraction of sp³-hybridized carbons (Fsp3) is 0.409. The number of nitrogens with zero attached hydrogens (tertiary/aromatic N) is 5. The van der Waals surface area contributed by atoms with Crippen LogP contribution in [0.5, 0.6) is 0 Å². The van der Waals surface area contributed by atoms with E-state index >= 15 is 0 Å². The quantitative estimate of drug-likeness (QED) is 0.474. The number of nitro groups is 2. The zero-order valence-electron chi connectivity index (χ0n) is 18.0. The summed E-state index contributed by atoms with van der Waals surface area (Å²) < 4.78 is 0. The highest BCUT2D eigenvalue weighted by Gasteiger charge is 2.27. The summed E-state index contributed by atoms with van der Waals surface area (Å²) in [6.45, 7) is 3.64. The summed E-state index contributed by atoms with van der Waals surface area (Å²) in [5, 5.41) is 22.5. The van der Waals surface area contributed by atoms with Crippen LogP contribution in [0.4, 0.5) is 22.7 Å². The smallest absolute Gasteiger partial charge is 0.292 e. The van der Waals surface area contributed by atoms with Crippen molar-refractivity contribution >= 4 is 40.3 Å². The minimum atomic E-state index is -0.554. The van der Waals surface area contributed by atoms with E-state index in [1.165, 1.54) is 18.2 Å². The first-order chi connectivity index (χ1) is 15.8. The molecule has 2 aliphatic heterocycles. The Balaban J connectivity index is 1.47. The van der Waals surface area contributed by atoms with Gasteiger partial charge in [0.1, 0.15) is 5.69 Å². The Morgan fingerprint density at radius 2 is 1.52 bits per heavy atom. The SMILES string of the molecule is O=C(c1ccc([N+](=O)[O-])cc1Cl)N1CCN(c2ccc([N+](=O)[O-])c(N3CCCCC3)c2)CC1. The molecule has 0 unspecified atom stereocenters. The Hall–Kier alpha value is -3.40. The Morgan fingerprint density at radius 3 is 2.12 bits per heavy atom. The van der Waals surface area contributed by atoms with E-state index in [2.05, 4.69) is 9.80 Å². The highest BCUT2D eigenvalue weighted by molar-refractivity contribution is 6.34. The molecule has 0 spiro atoms. The first-order valence-corrected chi connectivity index (χ1v) is 11.2. The van der Waals surface area contributed by atoms with Crippen LogP contribution in [0.15, 0.2) is 36.4 Å². The van der Waals surface area contributed by atoms with Crippen molar-refractivity contribution in [3.05, 3.63) is 67.2 Å². The first-order valence-electron chi connectivity index (χ1n) is 10.9. The molecule has 2 heterocycles. The van der Waals surface area contributed by atoms with Crippen molar-refractivity contribution in [2.24, 2.45) is 0 Å². The number of amides is 1. The summed E-state index contributed by atoms with van der Waals surface area (Å²) in [5.41, 5.74) is 1.72. The lowest BCUT2D eigenvalue weighted by Gasteiger charge is -2.37. The largest absolute Gasteiger partial charge is 0.368 e. The van der Waals surface area contributed by atoms with Crippen LogP contribution in [0.1, 0.15) is 29.6 Å². The fourth-order valence-electron chi connectivity index (χ4n) is 4.38. The zero-order valence-corrected chi connectivity index (χ0v) is 18.7. The van der Waals surface area contributed by atoms with Gasteiger partial charge in [-0.15, -0.1) is 0 Å². The number of piperidine rings is 1. The molecule has 0 atom stereocenters. The van der Waals surface area contributed by atoms with Crippen LogP contribution >= 0.6 is 11.6 Å². The van der Waals surface area contributed by atoms with Crippen LogP contribution in [0, 0.1) is 20.2 Å². The minimum absolute atomic E-state index is 0.0539. The Bertz CT molecular complexity index is 1080. The summed E-state index contributed by atoms with van der Waals surface area (Å²) >= 11 is 6.12. The molecule has 2 aromatic rings. The molecule has 10 nitrogen and oxygen atoms in total. The van der Waals surface area contributed by atoms with Crippen LogP contribution in [0.2, 0.25) is 5.02 Å². The molecule has 0 bridgehead atoms. The van der Waals surface area contributed by atoms with Crippen molar-refractivity contribution in [1.82, 2.24) is 4.90 Å². The lowest BCUT2D eigenvalue weighted by molar-refractivity contribution is -0.384. The number of non-ortho nitro benzene ring substituents is 1. The molecule has 0 N–H and O–H groups in total. The highest BCUT2D eigenvalue weighted by atomic mass is 35.5. The predicted molar refractivity (Wildman–Crippen MR) is 125 cm³/mol. The van der Waals surface area contributed by atoms with Crippen LogP contribution in [0.25, 0.3) is 0 Å². The Kier molecular flexibility index (Phi) is 6.64. The fourth-order valence-corrected chi connectivity index (χ4v) is 4.64. The van der Waals surface area contributed by atoms with Crippen molar-refractivity contribution in [2.45, 2.75) is 19.3 Å². The summed E-state index contributed by atoms with van der Waals surface area (Å²) in [6, 6.07) is 9.05. The number of halogens is 1. The van der Waals surface area contributed by atoms with Gasteiger partial charge in [-0.1, -0.05) is 11.6 Å². The highest BCUT2D eigenvalue weighted by Crippen LogP contribution is 2.34. The number of carbonyl (C=O) groups excluding carboxylic acids is 1. The van der Waals surface area contributed by atoms with Crippen LogP contribution in [-0.2, 0) is 0 Å². The molecule has 1 amide bonds. The molecule has 174 valence electrons. The van der Waals surface area contributed by atoms with Gasteiger partial charge in [-0.3, -0.25) is 25.0 Å². The zero-order chi connectivity index (χ0) is 23.5. The molecule has 0 aliphatic carbocycles. The van der Waals surface area contributed by atoms with Gasteiger partial charge in [0.2, 0.25) is 0 Å². The van der Waals surface area contributed by atoms with Crippen molar-refractivity contribution in [3.8, 4) is 0 Å². The monoisotopic (exact) mass is 473 g/mol. The maximum Gasteiger partial charge on any atom is 0.292 e. The molecule has 2 fully saturated rings. The third kappa shape index (κ3) is 4.85. The van der Waals surface area contributed by atoms with Gasteiger partial charge in [-0.05, 0) is 37.5 Å². The molecule has 2 saturated heterocycles. The van der Waals surface area contributed by atoms with Gasteiger partial charge in [-0.2, -0.15) is 0 Å². The lowest BCUT2D eigenvalue weighted by atomic mass is 10.1. The van der Waals surface area contributed by atoms with Gasteiger partial charge in [0.25, 0.3) is 17.3 Å². The van der Waals surface area contributed by atoms with E-state index in [0.29, 0.717) is 31.9 Å². The number of hydrogen-bond donors (Lipinski definition) is 0. The van der Waals surface area contributed by atoms with Crippen LogP contribution < -0.4 is 9.80 Å². The normalized spacial score (nSPS) is 16.6. The predicted octanol–water partition coefficient (Wildman–Crippen LogP) is 4.11. The summed E-state index contributed by atoms with van der Waals surface area (Å²) in [6.07, 6.45) is 3.18. The molecule has 2 aliphatic rings. The summed E-state index contributed by atoms with van der Waals surface area (Å²) in [7, 11) is 0. The van der Waals surface area contributed by atoms with E-state index in [9.17, 15) is 25.0 Å². The number of anilines is 2. The maximum absolute atomic E-state index is 12.9. The summed E-state index contributed by atoms with van der Waals surface area (Å²) in [5.74, 6) is -0.271. The molecule has 0 aromatic heterocycles. The van der Waals surface area contributed by atoms with Crippen molar-refractivity contribution < 1.29 is 14.6 Å². The first kappa shape index (κ1) is 22.8. The maximum atomic E-state index is 12.9. The minimum Gasteiger partial charge on any atom is -0.368 e. The molecule has 0 saturated carbocycles. The number of hydrogen-bond acceptors (Lipinski definition) is 7. The second-order valence-electron chi connectivity index (χ2n) is 8.18. The Morgan fingerprint density at radius 1 is 0.818 bits per heavy atom. The standard InChI is InChI=1S/C22H24ClN5O5/c23-19-14-17(27(30)31)4-6-18(19)22(29)26-12-10-24(11-13-26)16-5-7-20(28(32)33)21(15-16)25-8-2-1-3-9-25/h4-7,14-15H,1-3,8-13H2. The van der Waals surface area contributed by atoms with E-state index < -0.39 is 4.92 Å². The van der Waals surface area contributed by atoms with Gasteiger partial charge >= 0.3 is 0 Å². The Labute approximate surface area is 195 Å². The molecular weight excluding hydrogens is 450 g/mol. The van der Waals surface area contributed by atoms with Gasteiger partial charge in [0, 0.05) is 63.2 Å². The number of carbonyl (C=O) groups is 1. The van der Waals surface area contributed by atoms with Crippen molar-refractivity contribution in [3.63, 3.8) is 0 Å². The molecule has 0 radical (unpaired) electrons. The van der Waals surface area contributed by atoms with E-state index in [1.54, 1.807) is 17.0 Å². The van der Waals surface area contributed by atoms with Crippen molar-refractivity contribution in [2.75, 3.05) is 49.1 Å². The van der Waals surface area contributed by atoms with Crippen molar-refractivity contribution in [1.29, 1.82) is 0 Å². The lowest BCUT2D eigenvalue weighted by Crippen LogP contribution is -2.48. The summed E-state index contributed by atoms with van der Waals surface area (Å²) in [4.78, 5) is 40.3. The van der Waals surface area contributed by atoms with Gasteiger partial charge in [-0.25, -0.2) is 0 Å². The molecule has 11 heteroatoms. The average Bonchev–Trinajstić information content (AvgIpc) is 2.83. The van der Waals surface area contributed by atoms with Crippen LogP contribution in [0.3, 0.4) is 0 Å². The number of nitro benzene ring substituents is 2. The topological polar surface area (TPSA) is 113 Å². The van der Waals surface area contributed by atoms with E-state index in [4.69, 9.17) is 11.6 Å². The second kappa shape index (κ2) is 9.62. The number of rotatable bonds is 5. The third-order valence-electron chi connectivity index (χ3n) is 6.18. The molecule has 2 aromatic carbocycles. The molecule has 33 heavy (non-hydrogen) atoms. The van der Waals surface area contributed by atoms with Gasteiger partial charge < -0.3 is 14.7 Å². The number of benzene rings is 2.